The minimum atomic E-state index is -0.404. The highest BCUT2D eigenvalue weighted by Gasteiger charge is 2.20. The average molecular weight is 439 g/mol. The number of aliphatic hydroxyl groups excluding tert-OH is 1. The first kappa shape index (κ1) is 21.1. The molecular weight excluding hydrogens is 409 g/mol. The lowest BCUT2D eigenvalue weighted by molar-refractivity contribution is -0.911. The Labute approximate surface area is 164 Å². The Bertz CT molecular complexity index is 610. The molecule has 0 aliphatic heterocycles. The third-order valence-electron chi connectivity index (χ3n) is 5.01. The summed E-state index contributed by atoms with van der Waals surface area (Å²) in [6.45, 7) is 5.59. The van der Waals surface area contributed by atoms with Gasteiger partial charge in [0.2, 0.25) is 0 Å². The number of quaternary nitrogens is 1. The average Bonchev–Trinajstić information content (AvgIpc) is 2.55. The van der Waals surface area contributed by atoms with Crippen molar-refractivity contribution in [3.63, 3.8) is 0 Å². The number of hydrogen-bond donors (Lipinski definition) is 1. The summed E-state index contributed by atoms with van der Waals surface area (Å²) in [6.07, 6.45) is 1.42. The molecule has 1 unspecified atom stereocenters. The summed E-state index contributed by atoms with van der Waals surface area (Å²) in [5, 5.41) is 10.7. The third-order valence-corrected chi connectivity index (χ3v) is 5.01. The Morgan fingerprint density at radius 2 is 1.50 bits per heavy atom. The quantitative estimate of drug-likeness (QED) is 0.514. The highest BCUT2D eigenvalue weighted by molar-refractivity contribution is 5.67. The van der Waals surface area contributed by atoms with Crippen molar-refractivity contribution in [1.82, 2.24) is 0 Å². The van der Waals surface area contributed by atoms with Gasteiger partial charge in [0.25, 0.3) is 0 Å². The van der Waals surface area contributed by atoms with Crippen LogP contribution in [0.2, 0.25) is 0 Å². The molecule has 2 rings (SSSR count). The van der Waals surface area contributed by atoms with Gasteiger partial charge in [0.05, 0.1) is 32.8 Å². The van der Waals surface area contributed by atoms with Gasteiger partial charge < -0.3 is 33.6 Å². The lowest BCUT2D eigenvalue weighted by atomic mass is 9.94. The Morgan fingerprint density at radius 1 is 0.917 bits per heavy atom. The molecule has 0 amide bonds. The molecule has 0 aliphatic rings. The molecule has 2 aromatic carbocycles. The van der Waals surface area contributed by atoms with Crippen LogP contribution >= 0.6 is 0 Å². The maximum atomic E-state index is 10.7. The van der Waals surface area contributed by atoms with Crippen LogP contribution in [0.5, 0.6) is 0 Å². The molecule has 0 saturated carbocycles. The van der Waals surface area contributed by atoms with Crippen molar-refractivity contribution in [3.8, 4) is 11.1 Å². The van der Waals surface area contributed by atoms with E-state index in [9.17, 15) is 5.11 Å². The highest BCUT2D eigenvalue weighted by Crippen LogP contribution is 2.30. The predicted octanol–water partition coefficient (Wildman–Crippen LogP) is 1.66. The maximum absolute atomic E-state index is 10.7. The highest BCUT2D eigenvalue weighted by atomic mass is 127. The summed E-state index contributed by atoms with van der Waals surface area (Å²) >= 11 is 0. The van der Waals surface area contributed by atoms with Crippen molar-refractivity contribution in [2.24, 2.45) is 0 Å². The van der Waals surface area contributed by atoms with Gasteiger partial charge in [0.1, 0.15) is 0 Å². The minimum absolute atomic E-state index is 0. The van der Waals surface area contributed by atoms with Crippen LogP contribution in [0.1, 0.15) is 38.4 Å². The Morgan fingerprint density at radius 3 is 2.12 bits per heavy atom. The van der Waals surface area contributed by atoms with Crippen molar-refractivity contribution in [3.05, 3.63) is 60.2 Å². The molecule has 132 valence electrons. The second-order valence-electron chi connectivity index (χ2n) is 7.21. The van der Waals surface area contributed by atoms with E-state index in [0.717, 1.165) is 35.0 Å². The fraction of sp³-hybridized carbons (Fsp3) is 0.429. The normalized spacial score (nSPS) is 12.8. The Hall–Kier alpha value is -0.910. The van der Waals surface area contributed by atoms with Crippen LogP contribution in [0, 0.1) is 0 Å². The first-order valence-corrected chi connectivity index (χ1v) is 8.57. The standard InChI is InChI=1S/C21H30NO.HI/c1-17(2)22(3,4)16-10-15-21(23)20-14-9-8-13-19(20)18-11-6-5-7-12-18;/h5-9,11-14,17,21,23H,10,15-16H2,1-4H3;1H/q+1;/p-1. The number of rotatable bonds is 7. The molecule has 0 heterocycles. The minimum Gasteiger partial charge on any atom is -1.00 e. The van der Waals surface area contributed by atoms with E-state index in [1.165, 1.54) is 5.56 Å². The van der Waals surface area contributed by atoms with Gasteiger partial charge in [0, 0.05) is 0 Å². The van der Waals surface area contributed by atoms with Gasteiger partial charge in [-0.05, 0) is 43.4 Å². The van der Waals surface area contributed by atoms with Crippen LogP contribution in [-0.2, 0) is 0 Å². The van der Waals surface area contributed by atoms with Gasteiger partial charge >= 0.3 is 0 Å². The molecular formula is C21H30INO. The van der Waals surface area contributed by atoms with Gasteiger partial charge in [-0.25, -0.2) is 0 Å². The zero-order valence-corrected chi connectivity index (χ0v) is 17.4. The molecule has 1 N–H and O–H groups in total. The first-order chi connectivity index (χ1) is 10.9. The predicted molar refractivity (Wildman–Crippen MR) is 98.2 cm³/mol. The van der Waals surface area contributed by atoms with E-state index in [1.807, 2.05) is 30.3 Å². The van der Waals surface area contributed by atoms with Crippen LogP contribution in [0.25, 0.3) is 11.1 Å². The molecule has 2 aromatic rings. The summed E-state index contributed by atoms with van der Waals surface area (Å²) in [7, 11) is 4.52. The fourth-order valence-corrected chi connectivity index (χ4v) is 2.77. The molecule has 0 spiro atoms. The number of nitrogens with zero attached hydrogens (tertiary/aromatic N) is 1. The van der Waals surface area contributed by atoms with Gasteiger partial charge in [0.15, 0.2) is 0 Å². The van der Waals surface area contributed by atoms with Crippen LogP contribution in [-0.4, -0.2) is 36.3 Å². The summed E-state index contributed by atoms with van der Waals surface area (Å²) in [4.78, 5) is 0. The lowest BCUT2D eigenvalue weighted by Crippen LogP contribution is -3.00. The number of hydrogen-bond acceptors (Lipinski definition) is 1. The summed E-state index contributed by atoms with van der Waals surface area (Å²) in [5.74, 6) is 0. The van der Waals surface area contributed by atoms with Gasteiger partial charge in [-0.3, -0.25) is 0 Å². The molecule has 0 radical (unpaired) electrons. The van der Waals surface area contributed by atoms with E-state index in [1.54, 1.807) is 0 Å². The van der Waals surface area contributed by atoms with Crippen molar-refractivity contribution in [2.75, 3.05) is 20.6 Å². The van der Waals surface area contributed by atoms with E-state index in [0.29, 0.717) is 6.04 Å². The lowest BCUT2D eigenvalue weighted by Gasteiger charge is -2.34. The van der Waals surface area contributed by atoms with Crippen molar-refractivity contribution >= 4 is 0 Å². The zero-order chi connectivity index (χ0) is 16.9. The van der Waals surface area contributed by atoms with Crippen molar-refractivity contribution in [1.29, 1.82) is 0 Å². The third kappa shape index (κ3) is 5.57. The zero-order valence-electron chi connectivity index (χ0n) is 15.2. The summed E-state index contributed by atoms with van der Waals surface area (Å²) in [6, 6.07) is 19.1. The molecule has 0 aromatic heterocycles. The second-order valence-corrected chi connectivity index (χ2v) is 7.21. The van der Waals surface area contributed by atoms with Crippen LogP contribution in [0.15, 0.2) is 54.6 Å². The second kappa shape index (κ2) is 9.54. The van der Waals surface area contributed by atoms with E-state index in [4.69, 9.17) is 0 Å². The molecule has 2 nitrogen and oxygen atoms in total. The van der Waals surface area contributed by atoms with Crippen LogP contribution < -0.4 is 24.0 Å². The molecule has 0 bridgehead atoms. The molecule has 3 heteroatoms. The number of halogens is 1. The molecule has 0 aliphatic carbocycles. The van der Waals surface area contributed by atoms with E-state index in [-0.39, 0.29) is 24.0 Å². The number of aliphatic hydroxyl groups is 1. The Kier molecular flexibility index (Phi) is 8.40. The topological polar surface area (TPSA) is 20.2 Å². The molecule has 1 atom stereocenters. The van der Waals surface area contributed by atoms with Crippen molar-refractivity contribution in [2.45, 2.75) is 38.8 Å². The molecule has 0 saturated heterocycles. The van der Waals surface area contributed by atoms with E-state index in [2.05, 4.69) is 52.2 Å². The monoisotopic (exact) mass is 439 g/mol. The largest absolute Gasteiger partial charge is 1.00 e. The smallest absolute Gasteiger partial charge is 0.0829 e. The summed E-state index contributed by atoms with van der Waals surface area (Å²) in [5.41, 5.74) is 3.34. The van der Waals surface area contributed by atoms with Crippen LogP contribution in [0.3, 0.4) is 0 Å². The van der Waals surface area contributed by atoms with E-state index >= 15 is 0 Å². The SMILES string of the molecule is CC(C)[N+](C)(C)CCCC(O)c1ccccc1-c1ccccc1.[I-]. The summed E-state index contributed by atoms with van der Waals surface area (Å²) < 4.78 is 0.993. The fourth-order valence-electron chi connectivity index (χ4n) is 2.77. The van der Waals surface area contributed by atoms with Crippen LogP contribution in [0.4, 0.5) is 0 Å². The number of benzene rings is 2. The Balaban J connectivity index is 0.00000288. The van der Waals surface area contributed by atoms with Crippen molar-refractivity contribution < 1.29 is 33.6 Å². The molecule has 24 heavy (non-hydrogen) atoms. The first-order valence-electron chi connectivity index (χ1n) is 8.57. The molecule has 0 fully saturated rings. The van der Waals surface area contributed by atoms with Gasteiger partial charge in [-0.1, -0.05) is 54.6 Å². The van der Waals surface area contributed by atoms with Gasteiger partial charge in [-0.15, -0.1) is 0 Å². The van der Waals surface area contributed by atoms with E-state index < -0.39 is 6.10 Å². The van der Waals surface area contributed by atoms with Gasteiger partial charge in [-0.2, -0.15) is 0 Å². The maximum Gasteiger partial charge on any atom is 0.0829 e.